The second-order valence-electron chi connectivity index (χ2n) is 3.70. The van der Waals surface area contributed by atoms with Crippen molar-refractivity contribution in [3.05, 3.63) is 46.8 Å². The summed E-state index contributed by atoms with van der Waals surface area (Å²) >= 11 is 1.69. The number of aliphatic hydroxyl groups excluding tert-OH is 2. The molecule has 0 saturated heterocycles. The van der Waals surface area contributed by atoms with Gasteiger partial charge >= 0.3 is 0 Å². The van der Waals surface area contributed by atoms with Crippen LogP contribution in [-0.2, 0) is 0 Å². The van der Waals surface area contributed by atoms with Gasteiger partial charge in [0, 0.05) is 9.75 Å². The number of rotatable bonds is 3. The fraction of sp³-hybridized carbons (Fsp3) is 0.231. The Morgan fingerprint density at radius 1 is 1.19 bits per heavy atom. The van der Waals surface area contributed by atoms with Crippen LogP contribution >= 0.6 is 11.3 Å². The van der Waals surface area contributed by atoms with E-state index in [0.717, 1.165) is 16.0 Å². The van der Waals surface area contributed by atoms with Crippen molar-refractivity contribution in [2.24, 2.45) is 0 Å². The van der Waals surface area contributed by atoms with Gasteiger partial charge in [0.15, 0.2) is 0 Å². The van der Waals surface area contributed by atoms with Crippen molar-refractivity contribution in [3.63, 3.8) is 0 Å². The van der Waals surface area contributed by atoms with Gasteiger partial charge in [0.25, 0.3) is 0 Å². The van der Waals surface area contributed by atoms with Crippen molar-refractivity contribution in [3.8, 4) is 10.4 Å². The molecule has 3 heteroatoms. The van der Waals surface area contributed by atoms with Gasteiger partial charge in [0.05, 0.1) is 6.61 Å². The monoisotopic (exact) mass is 234 g/mol. The molecular formula is C13H14O2S. The maximum absolute atomic E-state index is 9.73. The van der Waals surface area contributed by atoms with E-state index in [-0.39, 0.29) is 6.61 Å². The average Bonchev–Trinajstić information content (AvgIpc) is 2.75. The van der Waals surface area contributed by atoms with E-state index in [9.17, 15) is 5.11 Å². The SMILES string of the molecule is Cc1ccc(-c2ccccc2C(O)CO)s1. The van der Waals surface area contributed by atoms with E-state index in [1.54, 1.807) is 11.3 Å². The van der Waals surface area contributed by atoms with Crippen LogP contribution in [0.25, 0.3) is 10.4 Å². The van der Waals surface area contributed by atoms with Gasteiger partial charge in [-0.2, -0.15) is 0 Å². The van der Waals surface area contributed by atoms with E-state index in [1.165, 1.54) is 4.88 Å². The molecule has 2 rings (SSSR count). The summed E-state index contributed by atoms with van der Waals surface area (Å²) in [5.41, 5.74) is 1.79. The van der Waals surface area contributed by atoms with Gasteiger partial charge in [-0.15, -0.1) is 11.3 Å². The molecule has 1 aromatic carbocycles. The molecule has 0 saturated carbocycles. The lowest BCUT2D eigenvalue weighted by Gasteiger charge is -2.12. The average molecular weight is 234 g/mol. The van der Waals surface area contributed by atoms with E-state index in [0.29, 0.717) is 0 Å². The van der Waals surface area contributed by atoms with Crippen molar-refractivity contribution in [1.29, 1.82) is 0 Å². The lowest BCUT2D eigenvalue weighted by Crippen LogP contribution is -2.03. The van der Waals surface area contributed by atoms with Crippen molar-refractivity contribution >= 4 is 11.3 Å². The van der Waals surface area contributed by atoms with Crippen molar-refractivity contribution in [1.82, 2.24) is 0 Å². The smallest absolute Gasteiger partial charge is 0.103 e. The first-order valence-corrected chi connectivity index (χ1v) is 5.98. The van der Waals surface area contributed by atoms with Crippen LogP contribution in [0.3, 0.4) is 0 Å². The number of aliphatic hydroxyl groups is 2. The summed E-state index contributed by atoms with van der Waals surface area (Å²) in [4.78, 5) is 2.36. The molecule has 2 nitrogen and oxygen atoms in total. The van der Waals surface area contributed by atoms with Crippen LogP contribution < -0.4 is 0 Å². The summed E-state index contributed by atoms with van der Waals surface area (Å²) < 4.78 is 0. The van der Waals surface area contributed by atoms with Crippen LogP contribution in [0.4, 0.5) is 0 Å². The predicted octanol–water partition coefficient (Wildman–Crippen LogP) is 2.75. The van der Waals surface area contributed by atoms with Crippen LogP contribution in [0.1, 0.15) is 16.5 Å². The minimum absolute atomic E-state index is 0.249. The van der Waals surface area contributed by atoms with E-state index in [1.807, 2.05) is 30.3 Å². The molecule has 0 spiro atoms. The van der Waals surface area contributed by atoms with Gasteiger partial charge in [-0.3, -0.25) is 0 Å². The fourth-order valence-electron chi connectivity index (χ4n) is 1.69. The minimum Gasteiger partial charge on any atom is -0.393 e. The minimum atomic E-state index is -0.807. The van der Waals surface area contributed by atoms with Crippen LogP contribution in [0, 0.1) is 6.92 Å². The standard InChI is InChI=1S/C13H14O2S/c1-9-6-7-13(16-9)11-5-3-2-4-10(11)12(15)8-14/h2-7,12,14-15H,8H2,1H3. The molecule has 0 radical (unpaired) electrons. The van der Waals surface area contributed by atoms with Gasteiger partial charge in [-0.05, 0) is 30.2 Å². The van der Waals surface area contributed by atoms with Gasteiger partial charge in [-0.1, -0.05) is 24.3 Å². The van der Waals surface area contributed by atoms with Gasteiger partial charge < -0.3 is 10.2 Å². The Kier molecular flexibility index (Phi) is 3.39. The number of hydrogen-bond acceptors (Lipinski definition) is 3. The van der Waals surface area contributed by atoms with Crippen molar-refractivity contribution < 1.29 is 10.2 Å². The number of benzene rings is 1. The van der Waals surface area contributed by atoms with E-state index in [4.69, 9.17) is 5.11 Å². The first-order chi connectivity index (χ1) is 7.72. The summed E-state index contributed by atoms with van der Waals surface area (Å²) in [6, 6.07) is 11.7. The Balaban J connectivity index is 2.48. The summed E-state index contributed by atoms with van der Waals surface area (Å²) in [5.74, 6) is 0. The Labute approximate surface area is 98.8 Å². The van der Waals surface area contributed by atoms with Crippen LogP contribution in [-0.4, -0.2) is 16.8 Å². The van der Waals surface area contributed by atoms with Crippen molar-refractivity contribution in [2.75, 3.05) is 6.61 Å². The second kappa shape index (κ2) is 4.78. The zero-order valence-corrected chi connectivity index (χ0v) is 9.87. The highest BCUT2D eigenvalue weighted by Gasteiger charge is 2.12. The number of aryl methyl sites for hydroxylation is 1. The van der Waals surface area contributed by atoms with Crippen LogP contribution in [0.5, 0.6) is 0 Å². The summed E-state index contributed by atoms with van der Waals surface area (Å²) in [5, 5.41) is 18.8. The third-order valence-electron chi connectivity index (χ3n) is 2.50. The molecule has 16 heavy (non-hydrogen) atoms. The third kappa shape index (κ3) is 2.16. The first kappa shape index (κ1) is 11.3. The van der Waals surface area contributed by atoms with E-state index in [2.05, 4.69) is 13.0 Å². The van der Waals surface area contributed by atoms with Crippen LogP contribution in [0.15, 0.2) is 36.4 Å². The van der Waals surface area contributed by atoms with Crippen LogP contribution in [0.2, 0.25) is 0 Å². The maximum atomic E-state index is 9.73. The first-order valence-electron chi connectivity index (χ1n) is 5.17. The Morgan fingerprint density at radius 3 is 2.56 bits per heavy atom. The molecule has 0 aliphatic rings. The molecule has 0 aliphatic heterocycles. The molecule has 0 aliphatic carbocycles. The quantitative estimate of drug-likeness (QED) is 0.857. The molecule has 0 amide bonds. The molecule has 2 aromatic rings. The fourth-order valence-corrected chi connectivity index (χ4v) is 2.60. The topological polar surface area (TPSA) is 40.5 Å². The lowest BCUT2D eigenvalue weighted by atomic mass is 10.0. The number of hydrogen-bond donors (Lipinski definition) is 2. The highest BCUT2D eigenvalue weighted by molar-refractivity contribution is 7.15. The van der Waals surface area contributed by atoms with E-state index < -0.39 is 6.10 Å². The lowest BCUT2D eigenvalue weighted by molar-refractivity contribution is 0.0960. The molecule has 0 fully saturated rings. The zero-order valence-electron chi connectivity index (χ0n) is 9.05. The molecule has 1 heterocycles. The third-order valence-corrected chi connectivity index (χ3v) is 3.53. The molecular weight excluding hydrogens is 220 g/mol. The van der Waals surface area contributed by atoms with E-state index >= 15 is 0 Å². The Hall–Kier alpha value is -1.16. The molecule has 1 unspecified atom stereocenters. The summed E-state index contributed by atoms with van der Waals surface area (Å²) in [6.07, 6.45) is -0.807. The highest BCUT2D eigenvalue weighted by Crippen LogP contribution is 2.32. The number of thiophene rings is 1. The Morgan fingerprint density at radius 2 is 1.94 bits per heavy atom. The maximum Gasteiger partial charge on any atom is 0.103 e. The van der Waals surface area contributed by atoms with Gasteiger partial charge in [0.1, 0.15) is 6.10 Å². The Bertz CT molecular complexity index is 476. The summed E-state index contributed by atoms with van der Waals surface area (Å²) in [6.45, 7) is 1.81. The van der Waals surface area contributed by atoms with Gasteiger partial charge in [-0.25, -0.2) is 0 Å². The molecule has 1 atom stereocenters. The second-order valence-corrected chi connectivity index (χ2v) is 4.98. The normalized spacial score (nSPS) is 12.7. The largest absolute Gasteiger partial charge is 0.393 e. The molecule has 2 N–H and O–H groups in total. The zero-order chi connectivity index (χ0) is 11.5. The molecule has 84 valence electrons. The molecule has 1 aromatic heterocycles. The van der Waals surface area contributed by atoms with Crippen molar-refractivity contribution in [2.45, 2.75) is 13.0 Å². The molecule has 0 bridgehead atoms. The van der Waals surface area contributed by atoms with Gasteiger partial charge in [0.2, 0.25) is 0 Å². The highest BCUT2D eigenvalue weighted by atomic mass is 32.1. The summed E-state index contributed by atoms with van der Waals surface area (Å²) in [7, 11) is 0. The predicted molar refractivity (Wildman–Crippen MR) is 66.5 cm³/mol.